The second kappa shape index (κ2) is 4.83. The molecule has 1 heterocycles. The van der Waals surface area contributed by atoms with Crippen LogP contribution in [0.1, 0.15) is 25.3 Å². The summed E-state index contributed by atoms with van der Waals surface area (Å²) in [5.74, 6) is 0.211. The Labute approximate surface area is 96.0 Å². The van der Waals surface area contributed by atoms with Crippen LogP contribution in [0.3, 0.4) is 0 Å². The van der Waals surface area contributed by atoms with E-state index in [-0.39, 0.29) is 5.82 Å². The zero-order valence-corrected chi connectivity index (χ0v) is 9.87. The largest absolute Gasteiger partial charge is 0.378 e. The lowest BCUT2D eigenvalue weighted by molar-refractivity contribution is 0.122. The van der Waals surface area contributed by atoms with Gasteiger partial charge in [0.25, 0.3) is 0 Å². The van der Waals surface area contributed by atoms with Crippen molar-refractivity contribution in [3.05, 3.63) is 29.6 Å². The van der Waals surface area contributed by atoms with Crippen LogP contribution in [-0.4, -0.2) is 26.3 Å². The lowest BCUT2D eigenvalue weighted by Crippen LogP contribution is -2.36. The molecule has 1 aliphatic heterocycles. The monoisotopic (exact) mass is 223 g/mol. The van der Waals surface area contributed by atoms with Gasteiger partial charge in [0.05, 0.1) is 13.2 Å². The maximum absolute atomic E-state index is 13.5. The topological polar surface area (TPSA) is 12.5 Å². The van der Waals surface area contributed by atoms with Gasteiger partial charge in [0.1, 0.15) is 5.82 Å². The molecular weight excluding hydrogens is 205 g/mol. The Morgan fingerprint density at radius 2 is 1.88 bits per heavy atom. The highest BCUT2D eigenvalue weighted by Gasteiger charge is 2.13. The van der Waals surface area contributed by atoms with Gasteiger partial charge >= 0.3 is 0 Å². The number of hydrogen-bond donors (Lipinski definition) is 0. The van der Waals surface area contributed by atoms with Gasteiger partial charge < -0.3 is 9.64 Å². The molecule has 1 aromatic carbocycles. The molecular formula is C13H18FNO. The van der Waals surface area contributed by atoms with Crippen molar-refractivity contribution in [3.8, 4) is 0 Å². The van der Waals surface area contributed by atoms with E-state index in [1.54, 1.807) is 12.1 Å². The van der Waals surface area contributed by atoms with E-state index in [0.29, 0.717) is 5.92 Å². The minimum Gasteiger partial charge on any atom is -0.378 e. The van der Waals surface area contributed by atoms with Crippen LogP contribution in [0.4, 0.5) is 10.1 Å². The molecule has 0 saturated carbocycles. The fourth-order valence-electron chi connectivity index (χ4n) is 1.93. The summed E-state index contributed by atoms with van der Waals surface area (Å²) in [6, 6.07) is 5.31. The van der Waals surface area contributed by atoms with Crippen LogP contribution < -0.4 is 4.90 Å². The molecule has 0 amide bonds. The quantitative estimate of drug-likeness (QED) is 0.764. The molecule has 0 aliphatic carbocycles. The Kier molecular flexibility index (Phi) is 3.44. The van der Waals surface area contributed by atoms with E-state index >= 15 is 0 Å². The molecule has 1 saturated heterocycles. The predicted octanol–water partition coefficient (Wildman–Crippen LogP) is 2.79. The third kappa shape index (κ3) is 2.53. The number of rotatable bonds is 2. The molecule has 0 spiro atoms. The smallest absolute Gasteiger partial charge is 0.125 e. The van der Waals surface area contributed by atoms with Gasteiger partial charge in [-0.25, -0.2) is 4.39 Å². The fraction of sp³-hybridized carbons (Fsp3) is 0.538. The highest BCUT2D eigenvalue weighted by atomic mass is 19.1. The lowest BCUT2D eigenvalue weighted by Gasteiger charge is -2.29. The van der Waals surface area contributed by atoms with Crippen LogP contribution >= 0.6 is 0 Å². The van der Waals surface area contributed by atoms with Crippen molar-refractivity contribution in [1.29, 1.82) is 0 Å². The predicted molar refractivity (Wildman–Crippen MR) is 63.5 cm³/mol. The highest BCUT2D eigenvalue weighted by molar-refractivity contribution is 5.50. The normalized spacial score (nSPS) is 16.9. The molecule has 2 rings (SSSR count). The molecule has 3 heteroatoms. The van der Waals surface area contributed by atoms with Crippen molar-refractivity contribution in [1.82, 2.24) is 0 Å². The Morgan fingerprint density at radius 3 is 2.50 bits per heavy atom. The van der Waals surface area contributed by atoms with Crippen LogP contribution in [0, 0.1) is 5.82 Å². The Morgan fingerprint density at radius 1 is 1.19 bits per heavy atom. The minimum atomic E-state index is -0.146. The Balaban J connectivity index is 2.25. The summed E-state index contributed by atoms with van der Waals surface area (Å²) < 4.78 is 18.8. The number of nitrogens with zero attached hydrogens (tertiary/aromatic N) is 1. The Bertz CT molecular complexity index is 359. The Hall–Kier alpha value is -1.09. The van der Waals surface area contributed by atoms with Gasteiger partial charge in [0.2, 0.25) is 0 Å². The SMILES string of the molecule is CC(C)c1cc(F)cc(N2CCOCC2)c1. The molecule has 0 N–H and O–H groups in total. The lowest BCUT2D eigenvalue weighted by atomic mass is 10.0. The first-order valence-electron chi connectivity index (χ1n) is 5.80. The highest BCUT2D eigenvalue weighted by Crippen LogP contribution is 2.24. The first-order valence-corrected chi connectivity index (χ1v) is 5.80. The third-order valence-electron chi connectivity index (χ3n) is 2.95. The summed E-state index contributed by atoms with van der Waals surface area (Å²) in [6.45, 7) is 7.32. The van der Waals surface area contributed by atoms with E-state index < -0.39 is 0 Å². The summed E-state index contributed by atoms with van der Waals surface area (Å²) in [4.78, 5) is 2.18. The summed E-state index contributed by atoms with van der Waals surface area (Å²) in [5, 5.41) is 0. The minimum absolute atomic E-state index is 0.146. The zero-order chi connectivity index (χ0) is 11.5. The summed E-state index contributed by atoms with van der Waals surface area (Å²) >= 11 is 0. The average Bonchev–Trinajstić information content (AvgIpc) is 2.29. The van der Waals surface area contributed by atoms with E-state index in [4.69, 9.17) is 4.74 Å². The molecule has 0 aromatic heterocycles. The maximum atomic E-state index is 13.5. The van der Waals surface area contributed by atoms with Crippen molar-refractivity contribution in [2.75, 3.05) is 31.2 Å². The number of morpholine rings is 1. The molecule has 1 aromatic rings. The van der Waals surface area contributed by atoms with E-state index in [9.17, 15) is 4.39 Å². The van der Waals surface area contributed by atoms with Gasteiger partial charge in [-0.2, -0.15) is 0 Å². The first kappa shape index (κ1) is 11.4. The molecule has 0 atom stereocenters. The van der Waals surface area contributed by atoms with Crippen molar-refractivity contribution in [3.63, 3.8) is 0 Å². The summed E-state index contributed by atoms with van der Waals surface area (Å²) in [6.07, 6.45) is 0. The maximum Gasteiger partial charge on any atom is 0.125 e. The molecule has 0 radical (unpaired) electrons. The third-order valence-corrected chi connectivity index (χ3v) is 2.95. The number of halogens is 1. The van der Waals surface area contributed by atoms with Gasteiger partial charge in [-0.3, -0.25) is 0 Å². The van der Waals surface area contributed by atoms with Crippen LogP contribution in [0.2, 0.25) is 0 Å². The van der Waals surface area contributed by atoms with Gasteiger partial charge in [-0.05, 0) is 29.7 Å². The number of anilines is 1. The average molecular weight is 223 g/mol. The van der Waals surface area contributed by atoms with E-state index in [1.165, 1.54) is 0 Å². The van der Waals surface area contributed by atoms with Gasteiger partial charge in [0.15, 0.2) is 0 Å². The summed E-state index contributed by atoms with van der Waals surface area (Å²) in [5.41, 5.74) is 2.04. The number of ether oxygens (including phenoxy) is 1. The fourth-order valence-corrected chi connectivity index (χ4v) is 1.93. The van der Waals surface area contributed by atoms with Gasteiger partial charge in [0, 0.05) is 18.8 Å². The van der Waals surface area contributed by atoms with E-state index in [1.807, 2.05) is 0 Å². The van der Waals surface area contributed by atoms with Gasteiger partial charge in [-0.15, -0.1) is 0 Å². The molecule has 88 valence electrons. The van der Waals surface area contributed by atoms with Crippen LogP contribution in [0.25, 0.3) is 0 Å². The van der Waals surface area contributed by atoms with E-state index in [0.717, 1.165) is 37.6 Å². The van der Waals surface area contributed by atoms with Crippen LogP contribution in [-0.2, 0) is 4.74 Å². The molecule has 0 unspecified atom stereocenters. The van der Waals surface area contributed by atoms with Crippen molar-refractivity contribution >= 4 is 5.69 Å². The molecule has 0 bridgehead atoms. The second-order valence-corrected chi connectivity index (χ2v) is 4.50. The standard InChI is InChI=1S/C13H18FNO/c1-10(2)11-7-12(14)9-13(8-11)15-3-5-16-6-4-15/h7-10H,3-6H2,1-2H3. The molecule has 1 fully saturated rings. The van der Waals surface area contributed by atoms with Crippen LogP contribution in [0.15, 0.2) is 18.2 Å². The van der Waals surface area contributed by atoms with Crippen molar-refractivity contribution in [2.24, 2.45) is 0 Å². The summed E-state index contributed by atoms with van der Waals surface area (Å²) in [7, 11) is 0. The van der Waals surface area contributed by atoms with Crippen molar-refractivity contribution < 1.29 is 9.13 Å². The number of benzene rings is 1. The van der Waals surface area contributed by atoms with E-state index in [2.05, 4.69) is 24.8 Å². The van der Waals surface area contributed by atoms with Gasteiger partial charge in [-0.1, -0.05) is 13.8 Å². The zero-order valence-electron chi connectivity index (χ0n) is 9.87. The molecule has 16 heavy (non-hydrogen) atoms. The number of hydrogen-bond acceptors (Lipinski definition) is 2. The van der Waals surface area contributed by atoms with Crippen molar-refractivity contribution in [2.45, 2.75) is 19.8 Å². The second-order valence-electron chi connectivity index (χ2n) is 4.50. The van der Waals surface area contributed by atoms with Crippen LogP contribution in [0.5, 0.6) is 0 Å². The molecule has 1 aliphatic rings. The molecule has 2 nitrogen and oxygen atoms in total. The first-order chi connectivity index (χ1) is 7.66.